The maximum absolute atomic E-state index is 12.7. The zero-order valence-corrected chi connectivity index (χ0v) is 19.6. The first-order valence-electron chi connectivity index (χ1n) is 9.01. The van der Waals surface area contributed by atoms with Gasteiger partial charge in [0.2, 0.25) is 0 Å². The maximum Gasteiger partial charge on any atom is 0.293 e. The summed E-state index contributed by atoms with van der Waals surface area (Å²) in [5.74, 6) is 0.420. The van der Waals surface area contributed by atoms with E-state index < -0.39 is 0 Å². The normalized spacial score (nSPS) is 15.2. The Hall–Kier alpha value is -1.83. The highest BCUT2D eigenvalue weighted by atomic mass is 79.9. The summed E-state index contributed by atoms with van der Waals surface area (Å²) in [4.78, 5) is 26.8. The van der Waals surface area contributed by atoms with Gasteiger partial charge >= 0.3 is 0 Å². The van der Waals surface area contributed by atoms with E-state index in [0.29, 0.717) is 23.8 Å². The number of imide groups is 1. The predicted octanol–water partition coefficient (Wildman–Crippen LogP) is 6.45. The van der Waals surface area contributed by atoms with E-state index in [1.165, 1.54) is 10.5 Å². The number of hydrogen-bond donors (Lipinski definition) is 0. The molecule has 7 heteroatoms. The molecule has 0 aromatic heterocycles. The van der Waals surface area contributed by atoms with Gasteiger partial charge in [-0.05, 0) is 85.8 Å². The van der Waals surface area contributed by atoms with Crippen molar-refractivity contribution in [2.75, 3.05) is 13.2 Å². The minimum absolute atomic E-state index is 0.224. The van der Waals surface area contributed by atoms with Crippen LogP contribution in [0, 0.1) is 0 Å². The molecule has 2 aromatic carbocycles. The fourth-order valence-electron chi connectivity index (χ4n) is 2.87. The molecule has 0 N–H and O–H groups in total. The summed E-state index contributed by atoms with van der Waals surface area (Å²) in [6, 6.07) is 13.8. The number of hydrogen-bond acceptors (Lipinski definition) is 4. The summed E-state index contributed by atoms with van der Waals surface area (Å²) in [6.45, 7) is 4.44. The first-order valence-corrected chi connectivity index (χ1v) is 11.4. The van der Waals surface area contributed by atoms with Crippen molar-refractivity contribution in [1.29, 1.82) is 0 Å². The van der Waals surface area contributed by atoms with Gasteiger partial charge in [0.05, 0.1) is 13.9 Å². The van der Waals surface area contributed by atoms with Gasteiger partial charge < -0.3 is 4.74 Å². The van der Waals surface area contributed by atoms with Gasteiger partial charge in [0.25, 0.3) is 11.1 Å². The zero-order valence-electron chi connectivity index (χ0n) is 15.6. The first-order chi connectivity index (χ1) is 14.0. The van der Waals surface area contributed by atoms with Crippen LogP contribution in [0.2, 0.25) is 0 Å². The molecular formula is C22H19Br2NO3S. The van der Waals surface area contributed by atoms with Crippen molar-refractivity contribution in [1.82, 2.24) is 4.90 Å². The van der Waals surface area contributed by atoms with Crippen LogP contribution in [0.1, 0.15) is 17.5 Å². The second-order valence-corrected chi connectivity index (χ2v) is 9.04. The van der Waals surface area contributed by atoms with Crippen molar-refractivity contribution in [3.63, 3.8) is 0 Å². The number of thioether (sulfide) groups is 1. The molecule has 0 unspecified atom stereocenters. The van der Waals surface area contributed by atoms with Gasteiger partial charge in [0, 0.05) is 6.54 Å². The van der Waals surface area contributed by atoms with Gasteiger partial charge in [-0.1, -0.05) is 43.0 Å². The monoisotopic (exact) mass is 535 g/mol. The topological polar surface area (TPSA) is 46.6 Å². The number of carbonyl (C=O) groups excluding carboxylic acids is 2. The lowest BCUT2D eigenvalue weighted by atomic mass is 10.1. The molecule has 150 valence electrons. The highest BCUT2D eigenvalue weighted by molar-refractivity contribution is 9.11. The van der Waals surface area contributed by atoms with Gasteiger partial charge in [-0.3, -0.25) is 14.5 Å². The van der Waals surface area contributed by atoms with Gasteiger partial charge in [-0.2, -0.15) is 0 Å². The first kappa shape index (κ1) is 21.9. The van der Waals surface area contributed by atoms with E-state index in [0.717, 1.165) is 39.1 Å². The number of benzene rings is 2. The second kappa shape index (κ2) is 10.3. The summed E-state index contributed by atoms with van der Waals surface area (Å²) in [7, 11) is 0. The summed E-state index contributed by atoms with van der Waals surface area (Å²) in [6.07, 6.45) is 4.96. The molecule has 1 saturated heterocycles. The van der Waals surface area contributed by atoms with Crippen molar-refractivity contribution < 1.29 is 14.3 Å². The number of amides is 2. The van der Waals surface area contributed by atoms with Gasteiger partial charge in [-0.15, -0.1) is 0 Å². The Balaban J connectivity index is 1.68. The Kier molecular flexibility index (Phi) is 7.75. The highest BCUT2D eigenvalue weighted by Gasteiger charge is 2.34. The third-order valence-corrected chi connectivity index (χ3v) is 6.31. The van der Waals surface area contributed by atoms with Gasteiger partial charge in [-0.25, -0.2) is 0 Å². The van der Waals surface area contributed by atoms with Crippen LogP contribution < -0.4 is 4.74 Å². The van der Waals surface area contributed by atoms with Crippen molar-refractivity contribution in [3.8, 4) is 5.75 Å². The molecule has 2 aromatic rings. The molecule has 0 aliphatic carbocycles. The van der Waals surface area contributed by atoms with E-state index in [1.54, 1.807) is 12.2 Å². The molecule has 4 nitrogen and oxygen atoms in total. The van der Waals surface area contributed by atoms with Gasteiger partial charge in [0.1, 0.15) is 12.4 Å². The van der Waals surface area contributed by atoms with Crippen LogP contribution in [0.25, 0.3) is 6.08 Å². The third-order valence-electron chi connectivity index (χ3n) is 4.23. The summed E-state index contributed by atoms with van der Waals surface area (Å²) in [5, 5.41) is -0.224. The number of nitrogens with zero attached hydrogens (tertiary/aromatic N) is 1. The number of halogens is 2. The standard InChI is InChI=1S/C22H19Br2NO3S/c1-2-11-28-20-17(23)12-16(13-18(20)24)14-19-21(26)25(22(27)29-19)10-6-9-15-7-4-3-5-8-15/h2-5,7-8,12-14H,1,6,9-11H2/b19-14-. The van der Waals surface area contributed by atoms with E-state index in [4.69, 9.17) is 4.74 Å². The van der Waals surface area contributed by atoms with Crippen LogP contribution in [0.5, 0.6) is 5.75 Å². The van der Waals surface area contributed by atoms with E-state index in [-0.39, 0.29) is 11.1 Å². The smallest absolute Gasteiger partial charge is 0.293 e. The minimum Gasteiger partial charge on any atom is -0.487 e. The third kappa shape index (κ3) is 5.62. The predicted molar refractivity (Wildman–Crippen MR) is 125 cm³/mol. The summed E-state index contributed by atoms with van der Waals surface area (Å²) < 4.78 is 7.11. The van der Waals surface area contributed by atoms with Crippen molar-refractivity contribution >= 4 is 60.8 Å². The SMILES string of the molecule is C=CCOc1c(Br)cc(/C=C2\SC(=O)N(CCCc3ccccc3)C2=O)cc1Br. The van der Waals surface area contributed by atoms with Crippen LogP contribution in [0.15, 0.2) is 69.0 Å². The molecule has 3 rings (SSSR count). The van der Waals surface area contributed by atoms with Crippen molar-refractivity contribution in [2.45, 2.75) is 12.8 Å². The van der Waals surface area contributed by atoms with Crippen LogP contribution >= 0.6 is 43.6 Å². The largest absolute Gasteiger partial charge is 0.487 e. The lowest BCUT2D eigenvalue weighted by Gasteiger charge is -2.12. The lowest BCUT2D eigenvalue weighted by molar-refractivity contribution is -0.122. The van der Waals surface area contributed by atoms with Crippen LogP contribution in [-0.2, 0) is 11.2 Å². The molecule has 2 amide bonds. The number of ether oxygens (including phenoxy) is 1. The molecular weight excluding hydrogens is 518 g/mol. The Labute approximate surface area is 191 Å². The van der Waals surface area contributed by atoms with Crippen molar-refractivity contribution in [3.05, 3.63) is 80.1 Å². The summed E-state index contributed by atoms with van der Waals surface area (Å²) in [5.41, 5.74) is 1.99. The molecule has 1 aliphatic heterocycles. The molecule has 0 bridgehead atoms. The van der Waals surface area contributed by atoms with Gasteiger partial charge in [0.15, 0.2) is 0 Å². The maximum atomic E-state index is 12.7. The average molecular weight is 537 g/mol. The van der Waals surface area contributed by atoms with Crippen LogP contribution in [0.4, 0.5) is 4.79 Å². The fourth-order valence-corrected chi connectivity index (χ4v) is 5.19. The second-order valence-electron chi connectivity index (χ2n) is 6.34. The molecule has 0 saturated carbocycles. The molecule has 0 spiro atoms. The quantitative estimate of drug-likeness (QED) is 0.287. The average Bonchev–Trinajstić information content (AvgIpc) is 2.95. The number of carbonyl (C=O) groups is 2. The minimum atomic E-state index is -0.243. The number of aryl methyl sites for hydroxylation is 1. The Morgan fingerprint density at radius 1 is 1.10 bits per heavy atom. The lowest BCUT2D eigenvalue weighted by Crippen LogP contribution is -2.29. The molecule has 1 heterocycles. The van der Waals surface area contributed by atoms with Crippen molar-refractivity contribution in [2.24, 2.45) is 0 Å². The number of rotatable bonds is 8. The van der Waals surface area contributed by atoms with Crippen LogP contribution in [-0.4, -0.2) is 29.2 Å². The Morgan fingerprint density at radius 3 is 2.45 bits per heavy atom. The summed E-state index contributed by atoms with van der Waals surface area (Å²) >= 11 is 7.95. The Bertz CT molecular complexity index is 937. The fraction of sp³-hybridized carbons (Fsp3) is 0.182. The molecule has 1 fully saturated rings. The molecule has 0 atom stereocenters. The molecule has 1 aliphatic rings. The van der Waals surface area contributed by atoms with E-state index in [9.17, 15) is 9.59 Å². The highest BCUT2D eigenvalue weighted by Crippen LogP contribution is 2.37. The van der Waals surface area contributed by atoms with E-state index in [1.807, 2.05) is 42.5 Å². The van der Waals surface area contributed by atoms with Crippen LogP contribution in [0.3, 0.4) is 0 Å². The zero-order chi connectivity index (χ0) is 20.8. The molecule has 29 heavy (non-hydrogen) atoms. The molecule has 0 radical (unpaired) electrons. The van der Waals surface area contributed by atoms with E-state index >= 15 is 0 Å². The Morgan fingerprint density at radius 2 is 1.79 bits per heavy atom. The van der Waals surface area contributed by atoms with E-state index in [2.05, 4.69) is 38.4 Å².